The van der Waals surface area contributed by atoms with Crippen LogP contribution >= 0.6 is 0 Å². The second-order valence-electron chi connectivity index (χ2n) is 21.0. The lowest BCUT2D eigenvalue weighted by molar-refractivity contribution is -0.167. The molecule has 0 saturated heterocycles. The van der Waals surface area contributed by atoms with Gasteiger partial charge in [0.1, 0.15) is 13.2 Å². The average Bonchev–Trinajstić information content (AvgIpc) is 3.35. The highest BCUT2D eigenvalue weighted by molar-refractivity contribution is 5.71. The summed E-state index contributed by atoms with van der Waals surface area (Å²) in [5, 5.41) is 0. The lowest BCUT2D eigenvalue weighted by atomic mass is 10.0. The first-order valence-electron chi connectivity index (χ1n) is 30.8. The molecular weight excluding hydrogens is 853 g/mol. The van der Waals surface area contributed by atoms with Gasteiger partial charge >= 0.3 is 17.9 Å². The van der Waals surface area contributed by atoms with Crippen LogP contribution in [0.4, 0.5) is 0 Å². The van der Waals surface area contributed by atoms with Crippen molar-refractivity contribution < 1.29 is 28.6 Å². The van der Waals surface area contributed by atoms with Crippen molar-refractivity contribution >= 4 is 17.9 Å². The topological polar surface area (TPSA) is 78.9 Å². The molecule has 69 heavy (non-hydrogen) atoms. The van der Waals surface area contributed by atoms with Crippen molar-refractivity contribution in [1.82, 2.24) is 0 Å². The van der Waals surface area contributed by atoms with E-state index in [2.05, 4.69) is 45.1 Å². The van der Waals surface area contributed by atoms with E-state index in [1.54, 1.807) is 0 Å². The van der Waals surface area contributed by atoms with Gasteiger partial charge in [-0.3, -0.25) is 14.4 Å². The average molecular weight is 972 g/mol. The molecule has 0 aromatic rings. The van der Waals surface area contributed by atoms with Crippen molar-refractivity contribution in [3.05, 3.63) is 24.3 Å². The Bertz CT molecular complexity index is 1110. The molecular formula is C63H118O6. The summed E-state index contributed by atoms with van der Waals surface area (Å²) in [6.45, 7) is 6.67. The predicted molar refractivity (Wildman–Crippen MR) is 298 cm³/mol. The van der Waals surface area contributed by atoms with Crippen LogP contribution in [0, 0.1) is 0 Å². The minimum absolute atomic E-state index is 0.0698. The zero-order valence-electron chi connectivity index (χ0n) is 46.6. The van der Waals surface area contributed by atoms with Crippen molar-refractivity contribution in [2.24, 2.45) is 0 Å². The number of allylic oxidation sites excluding steroid dienone is 4. The van der Waals surface area contributed by atoms with E-state index in [-0.39, 0.29) is 31.1 Å². The third-order valence-electron chi connectivity index (χ3n) is 13.9. The van der Waals surface area contributed by atoms with Crippen molar-refractivity contribution in [2.75, 3.05) is 13.2 Å². The summed E-state index contributed by atoms with van der Waals surface area (Å²) in [5.41, 5.74) is 0. The number of hydrogen-bond acceptors (Lipinski definition) is 6. The normalized spacial score (nSPS) is 12.1. The van der Waals surface area contributed by atoms with Crippen LogP contribution in [0.3, 0.4) is 0 Å². The molecule has 0 heterocycles. The number of ether oxygens (including phenoxy) is 3. The fraction of sp³-hybridized carbons (Fsp3) is 0.889. The molecule has 6 nitrogen and oxygen atoms in total. The molecule has 0 bridgehead atoms. The molecule has 0 aromatic carbocycles. The maximum atomic E-state index is 12.8. The first-order chi connectivity index (χ1) is 34.0. The summed E-state index contributed by atoms with van der Waals surface area (Å²) in [5.74, 6) is -0.857. The number of carbonyl (C=O) groups excluding carboxylic acids is 3. The molecule has 0 radical (unpaired) electrons. The zero-order chi connectivity index (χ0) is 50.0. The summed E-state index contributed by atoms with van der Waals surface area (Å²) in [4.78, 5) is 38.1. The first-order valence-corrected chi connectivity index (χ1v) is 30.8. The highest BCUT2D eigenvalue weighted by Crippen LogP contribution is 2.17. The minimum atomic E-state index is -0.771. The van der Waals surface area contributed by atoms with Gasteiger partial charge in [-0.05, 0) is 70.6 Å². The predicted octanol–water partition coefficient (Wildman–Crippen LogP) is 20.7. The number of unbranched alkanes of at least 4 members (excludes halogenated alkanes) is 42. The van der Waals surface area contributed by atoms with Gasteiger partial charge in [0.05, 0.1) is 0 Å². The Morgan fingerprint density at radius 3 is 0.725 bits per heavy atom. The van der Waals surface area contributed by atoms with E-state index in [0.717, 1.165) is 64.2 Å². The van der Waals surface area contributed by atoms with Crippen LogP contribution in [0.25, 0.3) is 0 Å². The van der Waals surface area contributed by atoms with Crippen LogP contribution in [0.1, 0.15) is 342 Å². The standard InChI is InChI=1S/C63H118O6/c1-4-7-10-13-16-19-22-25-27-28-29-30-31-32-33-34-35-36-37-39-41-44-47-50-53-56-62(65)68-59-60(58-67-61(64)55-52-49-46-43-40-24-21-18-15-12-9-6-3)69-63(66)57-54-51-48-45-42-38-26-23-20-17-14-11-8-5-2/h23,26,28-29,60H,4-22,24-25,27,30-59H2,1-3H3/b26-23-,29-28-. The van der Waals surface area contributed by atoms with Crippen LogP contribution < -0.4 is 0 Å². The molecule has 1 atom stereocenters. The van der Waals surface area contributed by atoms with Crippen molar-refractivity contribution in [3.63, 3.8) is 0 Å². The smallest absolute Gasteiger partial charge is 0.306 e. The van der Waals surface area contributed by atoms with Crippen LogP contribution in [-0.2, 0) is 28.6 Å². The van der Waals surface area contributed by atoms with E-state index in [4.69, 9.17) is 14.2 Å². The Hall–Kier alpha value is -2.11. The van der Waals surface area contributed by atoms with Crippen LogP contribution in [0.5, 0.6) is 0 Å². The molecule has 1 unspecified atom stereocenters. The van der Waals surface area contributed by atoms with Gasteiger partial charge in [-0.1, -0.05) is 276 Å². The van der Waals surface area contributed by atoms with Gasteiger partial charge in [-0.15, -0.1) is 0 Å². The number of hydrogen-bond donors (Lipinski definition) is 0. The Balaban J connectivity index is 4.20. The third kappa shape index (κ3) is 56.7. The zero-order valence-corrected chi connectivity index (χ0v) is 46.6. The lowest BCUT2D eigenvalue weighted by Gasteiger charge is -2.18. The number of carbonyl (C=O) groups is 3. The Labute approximate surface area is 430 Å². The van der Waals surface area contributed by atoms with E-state index < -0.39 is 6.10 Å². The Kier molecular flexibility index (Phi) is 56.7. The van der Waals surface area contributed by atoms with E-state index in [9.17, 15) is 14.4 Å². The first kappa shape index (κ1) is 66.9. The lowest BCUT2D eigenvalue weighted by Crippen LogP contribution is -2.30. The van der Waals surface area contributed by atoms with Crippen molar-refractivity contribution in [3.8, 4) is 0 Å². The van der Waals surface area contributed by atoms with Gasteiger partial charge in [0, 0.05) is 19.3 Å². The summed E-state index contributed by atoms with van der Waals surface area (Å²) >= 11 is 0. The minimum Gasteiger partial charge on any atom is -0.462 e. The van der Waals surface area contributed by atoms with Gasteiger partial charge in [0.25, 0.3) is 0 Å². The van der Waals surface area contributed by atoms with E-state index in [1.165, 1.54) is 238 Å². The molecule has 406 valence electrons. The summed E-state index contributed by atoms with van der Waals surface area (Å²) in [7, 11) is 0. The molecule has 0 aliphatic rings. The molecule has 0 aliphatic carbocycles. The van der Waals surface area contributed by atoms with Gasteiger partial charge in [-0.2, -0.15) is 0 Å². The molecule has 6 heteroatoms. The van der Waals surface area contributed by atoms with Crippen molar-refractivity contribution in [1.29, 1.82) is 0 Å². The largest absolute Gasteiger partial charge is 0.462 e. The molecule has 0 spiro atoms. The van der Waals surface area contributed by atoms with E-state index >= 15 is 0 Å². The fourth-order valence-corrected chi connectivity index (χ4v) is 9.26. The Morgan fingerprint density at radius 1 is 0.275 bits per heavy atom. The maximum absolute atomic E-state index is 12.8. The molecule has 0 fully saturated rings. The molecule has 0 N–H and O–H groups in total. The SMILES string of the molecule is CCCCCCC/C=C\CCCCCCCC(=O)OC(COC(=O)CCCCCCCCCCCCCC)COC(=O)CCCCCCCCCCCCCCC/C=C\CCCCCCCCCC. The van der Waals surface area contributed by atoms with Crippen LogP contribution in [-0.4, -0.2) is 37.2 Å². The highest BCUT2D eigenvalue weighted by Gasteiger charge is 2.19. The number of rotatable bonds is 57. The Morgan fingerprint density at radius 2 is 0.478 bits per heavy atom. The summed E-state index contributed by atoms with van der Waals surface area (Å²) in [6, 6.07) is 0. The van der Waals surface area contributed by atoms with Gasteiger partial charge in [0.15, 0.2) is 6.10 Å². The van der Waals surface area contributed by atoms with Gasteiger partial charge in [0.2, 0.25) is 0 Å². The highest BCUT2D eigenvalue weighted by atomic mass is 16.6. The summed E-state index contributed by atoms with van der Waals surface area (Å²) in [6.07, 6.45) is 69.0. The summed E-state index contributed by atoms with van der Waals surface area (Å²) < 4.78 is 16.9. The van der Waals surface area contributed by atoms with Gasteiger partial charge in [-0.25, -0.2) is 0 Å². The molecule has 0 amide bonds. The second-order valence-corrected chi connectivity index (χ2v) is 21.0. The molecule has 0 saturated carbocycles. The van der Waals surface area contributed by atoms with Crippen LogP contribution in [0.2, 0.25) is 0 Å². The fourth-order valence-electron chi connectivity index (χ4n) is 9.26. The molecule has 0 rings (SSSR count). The van der Waals surface area contributed by atoms with Crippen LogP contribution in [0.15, 0.2) is 24.3 Å². The van der Waals surface area contributed by atoms with Gasteiger partial charge < -0.3 is 14.2 Å². The molecule has 0 aliphatic heterocycles. The molecule has 0 aromatic heterocycles. The number of esters is 3. The van der Waals surface area contributed by atoms with E-state index in [1.807, 2.05) is 0 Å². The second kappa shape index (κ2) is 58.5. The third-order valence-corrected chi connectivity index (χ3v) is 13.9. The van der Waals surface area contributed by atoms with E-state index in [0.29, 0.717) is 19.3 Å². The monoisotopic (exact) mass is 971 g/mol. The quantitative estimate of drug-likeness (QED) is 0.0261. The maximum Gasteiger partial charge on any atom is 0.306 e. The van der Waals surface area contributed by atoms with Crippen molar-refractivity contribution in [2.45, 2.75) is 348 Å².